The van der Waals surface area contributed by atoms with Crippen LogP contribution in [0, 0.1) is 12.7 Å². The summed E-state index contributed by atoms with van der Waals surface area (Å²) in [5.41, 5.74) is 3.85. The Hall–Kier alpha value is -2.82. The number of aliphatic hydroxyl groups is 2. The van der Waals surface area contributed by atoms with E-state index in [4.69, 9.17) is 0 Å². The molecule has 0 aliphatic heterocycles. The van der Waals surface area contributed by atoms with Crippen LogP contribution in [0.2, 0.25) is 0 Å². The average molecular weight is 532 g/mol. The fourth-order valence-corrected chi connectivity index (χ4v) is 3.93. The number of nitrogens with zero attached hydrogens (tertiary/aromatic N) is 2. The SMILES string of the molecule is Cc1ccc(CNC(=O)c2nn(-c3ccc(F)cc3)c(/C=C/[C@@H](O)C[C@@H](O)CC(=O)[O-])c2C(C)C)cc1.[Na+]. The summed E-state index contributed by atoms with van der Waals surface area (Å²) in [6.07, 6.45) is -0.283. The Balaban J connectivity index is 0.00000507. The second kappa shape index (κ2) is 14.4. The van der Waals surface area contributed by atoms with E-state index in [9.17, 15) is 29.3 Å². The van der Waals surface area contributed by atoms with Gasteiger partial charge in [0.15, 0.2) is 5.69 Å². The molecule has 3 N–H and O–H groups in total. The van der Waals surface area contributed by atoms with E-state index in [2.05, 4.69) is 10.4 Å². The molecular weight excluding hydrogens is 500 g/mol. The summed E-state index contributed by atoms with van der Waals surface area (Å²) in [5.74, 6) is -2.37. The third-order valence-electron chi connectivity index (χ3n) is 5.79. The molecule has 10 heteroatoms. The van der Waals surface area contributed by atoms with E-state index in [1.54, 1.807) is 6.08 Å². The van der Waals surface area contributed by atoms with Gasteiger partial charge in [0, 0.05) is 30.9 Å². The van der Waals surface area contributed by atoms with Crippen molar-refractivity contribution in [1.29, 1.82) is 0 Å². The zero-order valence-electron chi connectivity index (χ0n) is 22.0. The molecular formula is C28H31FN3NaO5. The average Bonchev–Trinajstić information content (AvgIpc) is 3.22. The van der Waals surface area contributed by atoms with Gasteiger partial charge in [-0.05, 0) is 48.7 Å². The van der Waals surface area contributed by atoms with Crippen molar-refractivity contribution in [2.24, 2.45) is 0 Å². The quantitative estimate of drug-likeness (QED) is 0.290. The summed E-state index contributed by atoms with van der Waals surface area (Å²) in [6.45, 7) is 6.09. The number of halogens is 1. The van der Waals surface area contributed by atoms with E-state index in [1.165, 1.54) is 35.0 Å². The number of rotatable bonds is 11. The molecule has 38 heavy (non-hydrogen) atoms. The third kappa shape index (κ3) is 8.61. The summed E-state index contributed by atoms with van der Waals surface area (Å²) in [7, 11) is 0. The first-order valence-corrected chi connectivity index (χ1v) is 12.0. The standard InChI is InChI=1S/C28H32FN3O5.Na/c1-17(2)26-24(13-12-22(33)14-23(34)15-25(35)36)32(21-10-8-20(29)9-11-21)31-27(26)28(37)30-16-19-6-4-18(3)5-7-19;/h4-13,17,22-23,33-34H,14-16H2,1-3H3,(H,30,37)(H,35,36);/q;+1/p-1/b13-12+;/t22-,23-;/m1./s1. The predicted molar refractivity (Wildman–Crippen MR) is 135 cm³/mol. The second-order valence-corrected chi connectivity index (χ2v) is 9.25. The van der Waals surface area contributed by atoms with Gasteiger partial charge in [0.1, 0.15) is 5.82 Å². The molecule has 3 rings (SSSR count). The van der Waals surface area contributed by atoms with Gasteiger partial charge in [0.2, 0.25) is 0 Å². The van der Waals surface area contributed by atoms with E-state index in [1.807, 2.05) is 45.0 Å². The normalized spacial score (nSPS) is 12.8. The van der Waals surface area contributed by atoms with Crippen molar-refractivity contribution < 1.29 is 58.9 Å². The van der Waals surface area contributed by atoms with Crippen LogP contribution in [0.4, 0.5) is 4.39 Å². The van der Waals surface area contributed by atoms with Gasteiger partial charge < -0.3 is 25.4 Å². The van der Waals surface area contributed by atoms with E-state index < -0.39 is 30.4 Å². The number of benzene rings is 2. The number of carboxylic acid groups (broad SMARTS) is 1. The number of amides is 1. The van der Waals surface area contributed by atoms with Crippen LogP contribution in [-0.4, -0.2) is 44.1 Å². The topological polar surface area (TPSA) is 128 Å². The number of aliphatic hydroxyl groups excluding tert-OH is 2. The Morgan fingerprint density at radius 2 is 1.74 bits per heavy atom. The fourth-order valence-electron chi connectivity index (χ4n) is 3.93. The van der Waals surface area contributed by atoms with Gasteiger partial charge in [-0.1, -0.05) is 49.8 Å². The predicted octanol–water partition coefficient (Wildman–Crippen LogP) is -0.358. The van der Waals surface area contributed by atoms with Gasteiger partial charge in [-0.15, -0.1) is 0 Å². The molecule has 2 aromatic carbocycles. The van der Waals surface area contributed by atoms with Gasteiger partial charge in [0.25, 0.3) is 5.91 Å². The van der Waals surface area contributed by atoms with Crippen LogP contribution in [0.1, 0.15) is 65.5 Å². The Kier molecular flexibility index (Phi) is 11.9. The van der Waals surface area contributed by atoms with Crippen molar-refractivity contribution >= 4 is 18.0 Å². The molecule has 2 atom stereocenters. The van der Waals surface area contributed by atoms with Crippen LogP contribution in [0.25, 0.3) is 11.8 Å². The Labute approximate surface area is 243 Å². The van der Waals surface area contributed by atoms with Crippen molar-refractivity contribution in [1.82, 2.24) is 15.1 Å². The zero-order chi connectivity index (χ0) is 27.1. The number of hydrogen-bond acceptors (Lipinski definition) is 6. The van der Waals surface area contributed by atoms with Crippen LogP contribution in [0.15, 0.2) is 54.6 Å². The van der Waals surface area contributed by atoms with E-state index in [-0.39, 0.29) is 53.5 Å². The summed E-state index contributed by atoms with van der Waals surface area (Å²) in [4.78, 5) is 23.9. The first kappa shape index (κ1) is 31.4. The van der Waals surface area contributed by atoms with Crippen molar-refractivity contribution in [2.45, 2.75) is 58.3 Å². The molecule has 0 bridgehead atoms. The van der Waals surface area contributed by atoms with Crippen LogP contribution in [0.3, 0.4) is 0 Å². The number of aromatic nitrogens is 2. The van der Waals surface area contributed by atoms with Crippen LogP contribution < -0.4 is 40.0 Å². The first-order valence-electron chi connectivity index (χ1n) is 12.0. The fraction of sp³-hybridized carbons (Fsp3) is 0.321. The van der Waals surface area contributed by atoms with Crippen LogP contribution >= 0.6 is 0 Å². The van der Waals surface area contributed by atoms with Crippen molar-refractivity contribution in [3.63, 3.8) is 0 Å². The van der Waals surface area contributed by atoms with Crippen molar-refractivity contribution in [3.05, 3.63) is 88.5 Å². The summed E-state index contributed by atoms with van der Waals surface area (Å²) in [6, 6.07) is 13.4. The van der Waals surface area contributed by atoms with E-state index in [0.29, 0.717) is 23.5 Å². The van der Waals surface area contributed by atoms with Gasteiger partial charge in [-0.3, -0.25) is 4.79 Å². The molecule has 1 aromatic heterocycles. The van der Waals surface area contributed by atoms with E-state index in [0.717, 1.165) is 11.1 Å². The van der Waals surface area contributed by atoms with Gasteiger partial charge in [-0.2, -0.15) is 5.10 Å². The number of aliphatic carboxylic acids is 1. The smallest absolute Gasteiger partial charge is 0.550 e. The largest absolute Gasteiger partial charge is 1.00 e. The van der Waals surface area contributed by atoms with Crippen LogP contribution in [0.5, 0.6) is 0 Å². The summed E-state index contributed by atoms with van der Waals surface area (Å²) >= 11 is 0. The summed E-state index contributed by atoms with van der Waals surface area (Å²) < 4.78 is 15.1. The molecule has 0 fully saturated rings. The van der Waals surface area contributed by atoms with Crippen molar-refractivity contribution in [3.8, 4) is 5.69 Å². The second-order valence-electron chi connectivity index (χ2n) is 9.25. The Bertz CT molecular complexity index is 1260. The summed E-state index contributed by atoms with van der Waals surface area (Å²) in [5, 5.41) is 38.3. The number of carbonyl (C=O) groups excluding carboxylic acids is 2. The van der Waals surface area contributed by atoms with Gasteiger partial charge in [0.05, 0.1) is 23.6 Å². The van der Waals surface area contributed by atoms with Crippen LogP contribution in [-0.2, 0) is 11.3 Å². The molecule has 0 spiro atoms. The van der Waals surface area contributed by atoms with Gasteiger partial charge >= 0.3 is 29.6 Å². The minimum absolute atomic E-state index is 0. The molecule has 8 nitrogen and oxygen atoms in total. The first-order chi connectivity index (χ1) is 17.5. The number of aryl methyl sites for hydroxylation is 1. The molecule has 0 unspecified atom stereocenters. The molecule has 3 aromatic rings. The maximum Gasteiger partial charge on any atom is 1.00 e. The number of carbonyl (C=O) groups is 2. The number of nitrogens with one attached hydrogen (secondary N) is 1. The van der Waals surface area contributed by atoms with Crippen molar-refractivity contribution in [2.75, 3.05) is 0 Å². The monoisotopic (exact) mass is 531 g/mol. The molecule has 196 valence electrons. The Morgan fingerprint density at radius 3 is 2.32 bits per heavy atom. The maximum atomic E-state index is 13.6. The third-order valence-corrected chi connectivity index (χ3v) is 5.79. The van der Waals surface area contributed by atoms with E-state index >= 15 is 0 Å². The molecule has 1 amide bonds. The molecule has 0 saturated heterocycles. The zero-order valence-corrected chi connectivity index (χ0v) is 24.0. The minimum atomic E-state index is -1.42. The minimum Gasteiger partial charge on any atom is -0.550 e. The number of hydrogen-bond donors (Lipinski definition) is 3. The Morgan fingerprint density at radius 1 is 1.11 bits per heavy atom. The maximum absolute atomic E-state index is 13.6. The molecule has 0 aliphatic carbocycles. The van der Waals surface area contributed by atoms with Gasteiger partial charge in [-0.25, -0.2) is 9.07 Å². The number of carboxylic acids is 1. The molecule has 1 heterocycles. The molecule has 0 aliphatic rings. The molecule has 0 saturated carbocycles. The molecule has 0 radical (unpaired) electrons.